The Hall–Kier alpha value is -2.87. The molecular weight excluding hydrogens is 304 g/mol. The molecule has 2 nitrogen and oxygen atoms in total. The quantitative estimate of drug-likeness (QED) is 0.462. The minimum atomic E-state index is 0.101. The van der Waals surface area contributed by atoms with Gasteiger partial charge in [-0.1, -0.05) is 91.0 Å². The van der Waals surface area contributed by atoms with Gasteiger partial charge in [-0.05, 0) is 25.0 Å². The molecule has 0 saturated carbocycles. The first-order chi connectivity index (χ1) is 12.2. The molecule has 3 rings (SSSR count). The summed E-state index contributed by atoms with van der Waals surface area (Å²) in [6.45, 7) is 4.35. The minimum absolute atomic E-state index is 0.101. The predicted octanol–water partition coefficient (Wildman–Crippen LogP) is 5.84. The zero-order valence-corrected chi connectivity index (χ0v) is 14.8. The van der Waals surface area contributed by atoms with Crippen LogP contribution in [0, 0.1) is 5.41 Å². The van der Waals surface area contributed by atoms with E-state index in [0.29, 0.717) is 5.84 Å². The van der Waals surface area contributed by atoms with Crippen molar-refractivity contribution >= 4 is 5.84 Å². The van der Waals surface area contributed by atoms with E-state index in [1.807, 2.05) is 42.5 Å². The van der Waals surface area contributed by atoms with Gasteiger partial charge in [0.15, 0.2) is 0 Å². The average molecular weight is 328 g/mol. The van der Waals surface area contributed by atoms with Crippen molar-refractivity contribution in [3.8, 4) is 0 Å². The van der Waals surface area contributed by atoms with E-state index in [2.05, 4.69) is 67.3 Å². The number of hydrogen-bond donors (Lipinski definition) is 1. The molecule has 3 aromatic rings. The SMILES string of the molecule is C[C@@H](c1ccccc1)N(C(=N)c1ccccc1)[C@@H](C)c1ccccc1. The Labute approximate surface area is 150 Å². The van der Waals surface area contributed by atoms with Crippen LogP contribution in [0.2, 0.25) is 0 Å². The molecule has 3 aromatic carbocycles. The lowest BCUT2D eigenvalue weighted by atomic mass is 9.99. The van der Waals surface area contributed by atoms with Gasteiger partial charge in [0.05, 0.1) is 12.1 Å². The first-order valence-electron chi connectivity index (χ1n) is 8.70. The van der Waals surface area contributed by atoms with Gasteiger partial charge in [-0.15, -0.1) is 0 Å². The molecule has 0 amide bonds. The van der Waals surface area contributed by atoms with Crippen LogP contribution >= 0.6 is 0 Å². The second-order valence-corrected chi connectivity index (χ2v) is 6.30. The van der Waals surface area contributed by atoms with E-state index in [0.717, 1.165) is 5.56 Å². The zero-order valence-electron chi connectivity index (χ0n) is 14.8. The summed E-state index contributed by atoms with van der Waals surface area (Å²) in [6.07, 6.45) is 0. The molecule has 2 atom stereocenters. The smallest absolute Gasteiger partial charge is 0.129 e. The fraction of sp³-hybridized carbons (Fsp3) is 0.174. The van der Waals surface area contributed by atoms with Crippen LogP contribution in [0.25, 0.3) is 0 Å². The number of rotatable bonds is 5. The molecule has 0 heterocycles. The monoisotopic (exact) mass is 328 g/mol. The van der Waals surface area contributed by atoms with Gasteiger partial charge in [0.1, 0.15) is 5.84 Å². The van der Waals surface area contributed by atoms with Crippen molar-refractivity contribution in [1.29, 1.82) is 5.41 Å². The summed E-state index contributed by atoms with van der Waals surface area (Å²) in [6, 6.07) is 31.0. The molecule has 0 bridgehead atoms. The molecule has 126 valence electrons. The standard InChI is InChI=1S/C23H24N2/c1-18(20-12-6-3-7-13-20)25(19(2)21-14-8-4-9-15-21)23(24)22-16-10-5-11-17-22/h3-19,24H,1-2H3/t18-,19-/m0/s1. The van der Waals surface area contributed by atoms with Gasteiger partial charge in [0.2, 0.25) is 0 Å². The van der Waals surface area contributed by atoms with E-state index in [1.165, 1.54) is 11.1 Å². The number of amidine groups is 1. The number of nitrogens with zero attached hydrogens (tertiary/aromatic N) is 1. The number of benzene rings is 3. The van der Waals surface area contributed by atoms with Gasteiger partial charge >= 0.3 is 0 Å². The third-order valence-corrected chi connectivity index (χ3v) is 4.70. The van der Waals surface area contributed by atoms with Crippen molar-refractivity contribution in [3.05, 3.63) is 108 Å². The Bertz CT molecular complexity index is 752. The van der Waals surface area contributed by atoms with Crippen LogP contribution in [0.5, 0.6) is 0 Å². The van der Waals surface area contributed by atoms with E-state index >= 15 is 0 Å². The summed E-state index contributed by atoms with van der Waals surface area (Å²) in [5.41, 5.74) is 3.37. The first kappa shape index (κ1) is 17.0. The van der Waals surface area contributed by atoms with Crippen molar-refractivity contribution in [2.75, 3.05) is 0 Å². The van der Waals surface area contributed by atoms with E-state index in [1.54, 1.807) is 0 Å². The zero-order chi connectivity index (χ0) is 17.6. The molecule has 0 aliphatic heterocycles. The Kier molecular flexibility index (Phi) is 5.30. The van der Waals surface area contributed by atoms with Gasteiger partial charge in [0.25, 0.3) is 0 Å². The summed E-state index contributed by atoms with van der Waals surface area (Å²) in [5, 5.41) is 8.87. The fourth-order valence-electron chi connectivity index (χ4n) is 3.25. The molecule has 0 spiro atoms. The van der Waals surface area contributed by atoms with Crippen LogP contribution < -0.4 is 0 Å². The maximum absolute atomic E-state index is 8.87. The summed E-state index contributed by atoms with van der Waals surface area (Å²) in [4.78, 5) is 2.19. The highest BCUT2D eigenvalue weighted by Crippen LogP contribution is 2.31. The van der Waals surface area contributed by atoms with Gasteiger partial charge < -0.3 is 4.90 Å². The molecule has 0 fully saturated rings. The van der Waals surface area contributed by atoms with Gasteiger partial charge in [-0.25, -0.2) is 0 Å². The summed E-state index contributed by atoms with van der Waals surface area (Å²) >= 11 is 0. The topological polar surface area (TPSA) is 27.1 Å². The Balaban J connectivity index is 2.00. The van der Waals surface area contributed by atoms with Crippen LogP contribution in [-0.4, -0.2) is 10.7 Å². The summed E-state index contributed by atoms with van der Waals surface area (Å²) in [7, 11) is 0. The second-order valence-electron chi connectivity index (χ2n) is 6.30. The van der Waals surface area contributed by atoms with Crippen molar-refractivity contribution < 1.29 is 0 Å². The van der Waals surface area contributed by atoms with Crippen molar-refractivity contribution in [2.24, 2.45) is 0 Å². The maximum atomic E-state index is 8.87. The molecule has 25 heavy (non-hydrogen) atoms. The normalized spacial score (nSPS) is 13.0. The molecule has 2 heteroatoms. The first-order valence-corrected chi connectivity index (χ1v) is 8.70. The molecule has 0 aromatic heterocycles. The Morgan fingerprint density at radius 2 is 1.00 bits per heavy atom. The Morgan fingerprint density at radius 3 is 1.40 bits per heavy atom. The van der Waals surface area contributed by atoms with E-state index in [9.17, 15) is 0 Å². The molecule has 1 N–H and O–H groups in total. The Morgan fingerprint density at radius 1 is 0.640 bits per heavy atom. The largest absolute Gasteiger partial charge is 0.343 e. The highest BCUT2D eigenvalue weighted by molar-refractivity contribution is 5.96. The number of nitrogens with one attached hydrogen (secondary N) is 1. The third-order valence-electron chi connectivity index (χ3n) is 4.70. The van der Waals surface area contributed by atoms with Crippen LogP contribution in [0.4, 0.5) is 0 Å². The van der Waals surface area contributed by atoms with Crippen LogP contribution in [0.3, 0.4) is 0 Å². The highest BCUT2D eigenvalue weighted by atomic mass is 15.2. The van der Waals surface area contributed by atoms with Gasteiger partial charge in [-0.3, -0.25) is 5.41 Å². The van der Waals surface area contributed by atoms with E-state index in [4.69, 9.17) is 5.41 Å². The minimum Gasteiger partial charge on any atom is -0.343 e. The van der Waals surface area contributed by atoms with Crippen LogP contribution in [0.1, 0.15) is 42.6 Å². The van der Waals surface area contributed by atoms with Crippen molar-refractivity contribution in [3.63, 3.8) is 0 Å². The summed E-state index contributed by atoms with van der Waals surface area (Å²) < 4.78 is 0. The van der Waals surface area contributed by atoms with Gasteiger partial charge in [-0.2, -0.15) is 0 Å². The molecule has 0 aliphatic rings. The van der Waals surface area contributed by atoms with E-state index in [-0.39, 0.29) is 12.1 Å². The second kappa shape index (κ2) is 7.80. The molecule has 0 aliphatic carbocycles. The lowest BCUT2D eigenvalue weighted by Gasteiger charge is -2.37. The van der Waals surface area contributed by atoms with E-state index < -0.39 is 0 Å². The third kappa shape index (κ3) is 3.80. The average Bonchev–Trinajstić information content (AvgIpc) is 2.70. The van der Waals surface area contributed by atoms with Crippen molar-refractivity contribution in [1.82, 2.24) is 4.90 Å². The molecule has 0 unspecified atom stereocenters. The lowest BCUT2D eigenvalue weighted by Crippen LogP contribution is -2.36. The van der Waals surface area contributed by atoms with Gasteiger partial charge in [0, 0.05) is 5.56 Å². The predicted molar refractivity (Wildman–Crippen MR) is 105 cm³/mol. The van der Waals surface area contributed by atoms with Crippen molar-refractivity contribution in [2.45, 2.75) is 25.9 Å². The molecule has 0 radical (unpaired) electrons. The summed E-state index contributed by atoms with van der Waals surface area (Å²) in [5.74, 6) is 0.549. The van der Waals surface area contributed by atoms with Crippen LogP contribution in [-0.2, 0) is 0 Å². The molecular formula is C23H24N2. The molecule has 0 saturated heterocycles. The van der Waals surface area contributed by atoms with Crippen LogP contribution in [0.15, 0.2) is 91.0 Å². The maximum Gasteiger partial charge on any atom is 0.129 e. The number of hydrogen-bond acceptors (Lipinski definition) is 1. The fourth-order valence-corrected chi connectivity index (χ4v) is 3.25. The highest BCUT2D eigenvalue weighted by Gasteiger charge is 2.25. The lowest BCUT2D eigenvalue weighted by molar-refractivity contribution is 0.267.